The molecule has 1 aromatic carbocycles. The smallest absolute Gasteiger partial charge is 0.229 e. The van der Waals surface area contributed by atoms with E-state index in [1.165, 1.54) is 0 Å². The first-order valence-electron chi connectivity index (χ1n) is 4.17. The summed E-state index contributed by atoms with van der Waals surface area (Å²) < 4.78 is 0. The number of benzene rings is 1. The van der Waals surface area contributed by atoms with E-state index in [1.807, 2.05) is 13.0 Å². The van der Waals surface area contributed by atoms with Gasteiger partial charge >= 0.3 is 0 Å². The normalized spacial score (nSPS) is 8.93. The van der Waals surface area contributed by atoms with Crippen LogP contribution >= 0.6 is 0 Å². The predicted octanol–water partition coefficient (Wildman–Crippen LogP) is 0.928. The second kappa shape index (κ2) is 4.33. The molecular formula is C11H11NO2. The lowest BCUT2D eigenvalue weighted by Crippen LogP contribution is -2.08. The maximum atomic E-state index is 10.4. The van der Waals surface area contributed by atoms with Gasteiger partial charge in [-0.3, -0.25) is 4.79 Å². The van der Waals surface area contributed by atoms with E-state index in [1.54, 1.807) is 12.1 Å². The van der Waals surface area contributed by atoms with Crippen molar-refractivity contribution in [3.8, 4) is 17.6 Å². The second-order valence-corrected chi connectivity index (χ2v) is 2.91. The minimum absolute atomic E-state index is 0.00771. The summed E-state index contributed by atoms with van der Waals surface area (Å²) in [5.41, 5.74) is 6.36. The van der Waals surface area contributed by atoms with Gasteiger partial charge in [-0.05, 0) is 18.6 Å². The number of hydrogen-bond acceptors (Lipinski definition) is 2. The van der Waals surface area contributed by atoms with Gasteiger partial charge < -0.3 is 10.8 Å². The number of primary amides is 1. The zero-order valence-corrected chi connectivity index (χ0v) is 7.87. The van der Waals surface area contributed by atoms with Gasteiger partial charge in [0.2, 0.25) is 5.91 Å². The van der Waals surface area contributed by atoms with Gasteiger partial charge in [-0.15, -0.1) is 0 Å². The van der Waals surface area contributed by atoms with E-state index >= 15 is 0 Å². The maximum Gasteiger partial charge on any atom is 0.229 e. The second-order valence-electron chi connectivity index (χ2n) is 2.91. The van der Waals surface area contributed by atoms with E-state index in [0.717, 1.165) is 5.56 Å². The van der Waals surface area contributed by atoms with E-state index in [0.29, 0.717) is 5.56 Å². The van der Waals surface area contributed by atoms with Crippen molar-refractivity contribution in [2.75, 3.05) is 0 Å². The molecule has 1 amide bonds. The minimum Gasteiger partial charge on any atom is -0.507 e. The molecule has 0 aliphatic rings. The molecule has 0 aliphatic heterocycles. The molecule has 0 fully saturated rings. The van der Waals surface area contributed by atoms with Gasteiger partial charge in [-0.2, -0.15) is 0 Å². The van der Waals surface area contributed by atoms with E-state index in [2.05, 4.69) is 11.8 Å². The van der Waals surface area contributed by atoms with Crippen LogP contribution in [0.25, 0.3) is 0 Å². The van der Waals surface area contributed by atoms with Crippen LogP contribution in [0.3, 0.4) is 0 Å². The number of amides is 1. The number of rotatable bonds is 1. The van der Waals surface area contributed by atoms with Crippen LogP contribution in [0.4, 0.5) is 0 Å². The lowest BCUT2D eigenvalue weighted by molar-refractivity contribution is -0.117. The fourth-order valence-corrected chi connectivity index (χ4v) is 1.03. The van der Waals surface area contributed by atoms with Crippen molar-refractivity contribution in [3.63, 3.8) is 0 Å². The summed E-state index contributed by atoms with van der Waals surface area (Å²) >= 11 is 0. The van der Waals surface area contributed by atoms with Crippen LogP contribution in [0.15, 0.2) is 18.2 Å². The molecular weight excluding hydrogens is 178 g/mol. The Hall–Kier alpha value is -1.95. The van der Waals surface area contributed by atoms with Crippen LogP contribution in [-0.2, 0) is 4.79 Å². The molecule has 3 heteroatoms. The molecule has 3 N–H and O–H groups in total. The molecule has 3 nitrogen and oxygen atoms in total. The number of aromatic hydroxyl groups is 1. The molecule has 0 unspecified atom stereocenters. The van der Waals surface area contributed by atoms with Gasteiger partial charge in [-0.25, -0.2) is 0 Å². The third kappa shape index (κ3) is 2.53. The first-order chi connectivity index (χ1) is 6.61. The SMILES string of the molecule is Cc1cccc(O)c1C#CCC(N)=O. The van der Waals surface area contributed by atoms with Crippen LogP contribution in [0.2, 0.25) is 0 Å². The molecule has 0 saturated carbocycles. The Kier molecular flexibility index (Phi) is 3.14. The molecule has 0 spiro atoms. The topological polar surface area (TPSA) is 63.3 Å². The van der Waals surface area contributed by atoms with Crippen molar-refractivity contribution in [2.24, 2.45) is 5.73 Å². The summed E-state index contributed by atoms with van der Waals surface area (Å²) in [6.07, 6.45) is 0.00771. The van der Waals surface area contributed by atoms with Crippen molar-refractivity contribution < 1.29 is 9.90 Å². The minimum atomic E-state index is -0.467. The number of carbonyl (C=O) groups is 1. The summed E-state index contributed by atoms with van der Waals surface area (Å²) in [6, 6.07) is 5.14. The molecule has 14 heavy (non-hydrogen) atoms. The van der Waals surface area contributed by atoms with Crippen LogP contribution in [0.1, 0.15) is 17.5 Å². The number of phenols is 1. The van der Waals surface area contributed by atoms with Gasteiger partial charge in [0, 0.05) is 0 Å². The Bertz CT molecular complexity index is 393. The van der Waals surface area contributed by atoms with E-state index < -0.39 is 5.91 Å². The Morgan fingerprint density at radius 2 is 2.29 bits per heavy atom. The van der Waals surface area contributed by atoms with Crippen LogP contribution in [0, 0.1) is 18.8 Å². The number of aryl methyl sites for hydroxylation is 1. The van der Waals surface area contributed by atoms with Gasteiger partial charge in [0.25, 0.3) is 0 Å². The van der Waals surface area contributed by atoms with E-state index in [9.17, 15) is 9.90 Å². The Morgan fingerprint density at radius 1 is 1.57 bits per heavy atom. The standard InChI is InChI=1S/C11H11NO2/c1-8-4-2-6-10(13)9(8)5-3-7-11(12)14/h2,4,6,13H,7H2,1H3,(H2,12,14). The summed E-state index contributed by atoms with van der Waals surface area (Å²) in [5, 5.41) is 9.44. The highest BCUT2D eigenvalue weighted by atomic mass is 16.3. The van der Waals surface area contributed by atoms with Crippen molar-refractivity contribution in [3.05, 3.63) is 29.3 Å². The summed E-state index contributed by atoms with van der Waals surface area (Å²) in [6.45, 7) is 1.84. The third-order valence-electron chi connectivity index (χ3n) is 1.73. The fraction of sp³-hybridized carbons (Fsp3) is 0.182. The molecule has 0 bridgehead atoms. The molecule has 0 aliphatic carbocycles. The molecule has 0 radical (unpaired) electrons. The largest absolute Gasteiger partial charge is 0.507 e. The van der Waals surface area contributed by atoms with Crippen molar-refractivity contribution in [2.45, 2.75) is 13.3 Å². The number of nitrogens with two attached hydrogens (primary N) is 1. The molecule has 1 aromatic rings. The van der Waals surface area contributed by atoms with Crippen LogP contribution in [-0.4, -0.2) is 11.0 Å². The van der Waals surface area contributed by atoms with E-state index in [4.69, 9.17) is 5.73 Å². The van der Waals surface area contributed by atoms with Gasteiger partial charge in [0.1, 0.15) is 5.75 Å². The molecule has 0 saturated heterocycles. The molecule has 1 rings (SSSR count). The average molecular weight is 189 g/mol. The zero-order chi connectivity index (χ0) is 10.6. The number of carbonyl (C=O) groups excluding carboxylic acids is 1. The highest BCUT2D eigenvalue weighted by Crippen LogP contribution is 2.18. The monoisotopic (exact) mass is 189 g/mol. The van der Waals surface area contributed by atoms with Gasteiger partial charge in [0.15, 0.2) is 0 Å². The highest BCUT2D eigenvalue weighted by molar-refractivity contribution is 5.76. The predicted molar refractivity (Wildman–Crippen MR) is 53.5 cm³/mol. The Labute approximate surface area is 82.6 Å². The third-order valence-corrected chi connectivity index (χ3v) is 1.73. The highest BCUT2D eigenvalue weighted by Gasteiger charge is 1.99. The zero-order valence-electron chi connectivity index (χ0n) is 7.87. The first kappa shape index (κ1) is 10.1. The maximum absolute atomic E-state index is 10.4. The summed E-state index contributed by atoms with van der Waals surface area (Å²) in [7, 11) is 0. The summed E-state index contributed by atoms with van der Waals surface area (Å²) in [5.74, 6) is 4.97. The van der Waals surface area contributed by atoms with E-state index in [-0.39, 0.29) is 12.2 Å². The van der Waals surface area contributed by atoms with Crippen molar-refractivity contribution in [1.82, 2.24) is 0 Å². The van der Waals surface area contributed by atoms with Crippen molar-refractivity contribution in [1.29, 1.82) is 0 Å². The number of phenolic OH excluding ortho intramolecular Hbond substituents is 1. The van der Waals surface area contributed by atoms with Crippen LogP contribution < -0.4 is 5.73 Å². The first-order valence-corrected chi connectivity index (χ1v) is 4.17. The van der Waals surface area contributed by atoms with Crippen LogP contribution in [0.5, 0.6) is 5.75 Å². The molecule has 72 valence electrons. The summed E-state index contributed by atoms with van der Waals surface area (Å²) in [4.78, 5) is 10.4. The molecule has 0 heterocycles. The number of hydrogen-bond donors (Lipinski definition) is 2. The lowest BCUT2D eigenvalue weighted by Gasteiger charge is -1.99. The lowest BCUT2D eigenvalue weighted by atomic mass is 10.1. The van der Waals surface area contributed by atoms with Crippen molar-refractivity contribution >= 4 is 5.91 Å². The fourth-order valence-electron chi connectivity index (χ4n) is 1.03. The molecule has 0 aromatic heterocycles. The van der Waals surface area contributed by atoms with Gasteiger partial charge in [0.05, 0.1) is 12.0 Å². The Balaban J connectivity index is 2.94. The quantitative estimate of drug-likeness (QED) is 0.645. The average Bonchev–Trinajstić information content (AvgIpc) is 2.09. The Morgan fingerprint density at radius 3 is 2.86 bits per heavy atom. The van der Waals surface area contributed by atoms with Gasteiger partial charge in [-0.1, -0.05) is 24.0 Å². The molecule has 0 atom stereocenters.